The van der Waals surface area contributed by atoms with E-state index in [9.17, 15) is 9.59 Å². The molecule has 0 saturated heterocycles. The summed E-state index contributed by atoms with van der Waals surface area (Å²) in [5, 5.41) is 0. The third-order valence-electron chi connectivity index (χ3n) is 4.06. The molecule has 0 aliphatic carbocycles. The SMILES string of the molecule is COC(=O)Cn1c(=NC(=O)Cc2cccc(C)c2)sc2cc(OC)ccc21. The van der Waals surface area contributed by atoms with Crippen molar-refractivity contribution < 1.29 is 19.1 Å². The summed E-state index contributed by atoms with van der Waals surface area (Å²) in [6.07, 6.45) is 0.206. The van der Waals surface area contributed by atoms with Crippen LogP contribution in [0.3, 0.4) is 0 Å². The topological polar surface area (TPSA) is 69.9 Å². The van der Waals surface area contributed by atoms with Gasteiger partial charge in [0.05, 0.1) is 30.9 Å². The molecular formula is C20H20N2O4S. The maximum absolute atomic E-state index is 12.5. The minimum atomic E-state index is -0.405. The highest BCUT2D eigenvalue weighted by Crippen LogP contribution is 2.23. The predicted octanol–water partition coefficient (Wildman–Crippen LogP) is 2.86. The Kier molecular flexibility index (Phi) is 5.71. The lowest BCUT2D eigenvalue weighted by Gasteiger charge is -2.04. The second-order valence-electron chi connectivity index (χ2n) is 6.05. The van der Waals surface area contributed by atoms with Gasteiger partial charge >= 0.3 is 5.97 Å². The fourth-order valence-corrected chi connectivity index (χ4v) is 3.83. The van der Waals surface area contributed by atoms with Crippen LogP contribution in [0.15, 0.2) is 47.5 Å². The largest absolute Gasteiger partial charge is 0.497 e. The van der Waals surface area contributed by atoms with Gasteiger partial charge in [0.1, 0.15) is 12.3 Å². The van der Waals surface area contributed by atoms with Crippen molar-refractivity contribution in [3.8, 4) is 5.75 Å². The number of methoxy groups -OCH3 is 2. The molecule has 0 aliphatic heterocycles. The first-order valence-corrected chi connectivity index (χ1v) is 9.19. The first kappa shape index (κ1) is 18.8. The Labute approximate surface area is 160 Å². The number of nitrogens with zero attached hydrogens (tertiary/aromatic N) is 2. The van der Waals surface area contributed by atoms with Crippen LogP contribution in [0.5, 0.6) is 5.75 Å². The first-order chi connectivity index (χ1) is 13.0. The van der Waals surface area contributed by atoms with Gasteiger partial charge in [-0.05, 0) is 30.7 Å². The Morgan fingerprint density at radius 2 is 1.96 bits per heavy atom. The number of amides is 1. The van der Waals surface area contributed by atoms with Gasteiger partial charge in [0.25, 0.3) is 5.91 Å². The normalized spacial score (nSPS) is 11.6. The number of hydrogen-bond acceptors (Lipinski definition) is 5. The van der Waals surface area contributed by atoms with E-state index in [-0.39, 0.29) is 18.9 Å². The van der Waals surface area contributed by atoms with Gasteiger partial charge in [-0.25, -0.2) is 0 Å². The van der Waals surface area contributed by atoms with Gasteiger partial charge in [-0.15, -0.1) is 0 Å². The molecule has 1 aromatic heterocycles. The highest BCUT2D eigenvalue weighted by atomic mass is 32.1. The fraction of sp³-hybridized carbons (Fsp3) is 0.250. The van der Waals surface area contributed by atoms with E-state index in [2.05, 4.69) is 4.99 Å². The molecule has 6 nitrogen and oxygen atoms in total. The van der Waals surface area contributed by atoms with Gasteiger partial charge < -0.3 is 14.0 Å². The maximum atomic E-state index is 12.5. The van der Waals surface area contributed by atoms with Crippen LogP contribution in [0, 0.1) is 6.92 Å². The summed E-state index contributed by atoms with van der Waals surface area (Å²) in [4.78, 5) is 29.0. The Morgan fingerprint density at radius 3 is 2.67 bits per heavy atom. The molecule has 1 amide bonds. The van der Waals surface area contributed by atoms with E-state index in [4.69, 9.17) is 9.47 Å². The van der Waals surface area contributed by atoms with Crippen molar-refractivity contribution in [1.29, 1.82) is 0 Å². The fourth-order valence-electron chi connectivity index (χ4n) is 2.76. The second-order valence-corrected chi connectivity index (χ2v) is 7.06. The average Bonchev–Trinajstić information content (AvgIpc) is 2.97. The molecule has 0 unspecified atom stereocenters. The number of esters is 1. The molecule has 140 valence electrons. The number of rotatable bonds is 5. The molecular weight excluding hydrogens is 364 g/mol. The lowest BCUT2D eigenvalue weighted by molar-refractivity contribution is -0.141. The average molecular weight is 384 g/mol. The molecule has 0 saturated carbocycles. The van der Waals surface area contributed by atoms with Crippen LogP contribution in [0.25, 0.3) is 10.2 Å². The van der Waals surface area contributed by atoms with Crippen LogP contribution < -0.4 is 9.54 Å². The van der Waals surface area contributed by atoms with E-state index in [0.29, 0.717) is 10.6 Å². The Balaban J connectivity index is 2.02. The molecule has 3 aromatic rings. The molecule has 0 spiro atoms. The monoisotopic (exact) mass is 384 g/mol. The van der Waals surface area contributed by atoms with Gasteiger partial charge in [0, 0.05) is 0 Å². The molecule has 1 heterocycles. The zero-order valence-electron chi connectivity index (χ0n) is 15.4. The Bertz CT molecular complexity index is 1070. The highest BCUT2D eigenvalue weighted by molar-refractivity contribution is 7.16. The molecule has 0 fully saturated rings. The van der Waals surface area contributed by atoms with Gasteiger partial charge in [-0.3, -0.25) is 9.59 Å². The van der Waals surface area contributed by atoms with Crippen molar-refractivity contribution in [3.05, 3.63) is 58.4 Å². The maximum Gasteiger partial charge on any atom is 0.325 e. The van der Waals surface area contributed by atoms with Crippen molar-refractivity contribution in [2.24, 2.45) is 4.99 Å². The van der Waals surface area contributed by atoms with Gasteiger partial charge in [-0.1, -0.05) is 41.2 Å². The standard InChI is InChI=1S/C20H20N2O4S/c1-13-5-4-6-14(9-13)10-18(23)21-20-22(12-19(24)26-3)16-8-7-15(25-2)11-17(16)27-20/h4-9,11H,10,12H2,1-3H3. The molecule has 0 radical (unpaired) electrons. The molecule has 7 heteroatoms. The molecule has 2 aromatic carbocycles. The predicted molar refractivity (Wildman–Crippen MR) is 104 cm³/mol. The minimum Gasteiger partial charge on any atom is -0.497 e. The third-order valence-corrected chi connectivity index (χ3v) is 5.10. The van der Waals surface area contributed by atoms with Crippen LogP contribution in [-0.2, 0) is 27.3 Å². The number of aromatic nitrogens is 1. The number of hydrogen-bond donors (Lipinski definition) is 0. The van der Waals surface area contributed by atoms with Crippen molar-refractivity contribution in [1.82, 2.24) is 4.57 Å². The Morgan fingerprint density at radius 1 is 1.15 bits per heavy atom. The number of ether oxygens (including phenoxy) is 2. The molecule has 0 atom stereocenters. The molecule has 0 N–H and O–H groups in total. The number of carbonyl (C=O) groups excluding carboxylic acids is 2. The van der Waals surface area contributed by atoms with Crippen LogP contribution in [0.1, 0.15) is 11.1 Å². The number of thiazole rings is 1. The quantitative estimate of drug-likeness (QED) is 0.634. The number of carbonyl (C=O) groups is 2. The zero-order chi connectivity index (χ0) is 19.4. The first-order valence-electron chi connectivity index (χ1n) is 8.37. The summed E-state index contributed by atoms with van der Waals surface area (Å²) < 4.78 is 12.6. The summed E-state index contributed by atoms with van der Waals surface area (Å²) in [6, 6.07) is 13.3. The summed E-state index contributed by atoms with van der Waals surface area (Å²) >= 11 is 1.34. The van der Waals surface area contributed by atoms with E-state index >= 15 is 0 Å². The zero-order valence-corrected chi connectivity index (χ0v) is 16.2. The van der Waals surface area contributed by atoms with Crippen LogP contribution in [0.2, 0.25) is 0 Å². The van der Waals surface area contributed by atoms with Gasteiger partial charge in [0.2, 0.25) is 0 Å². The van der Waals surface area contributed by atoms with E-state index in [1.54, 1.807) is 17.7 Å². The minimum absolute atomic E-state index is 0.0145. The Hall–Kier alpha value is -2.93. The third kappa shape index (κ3) is 4.43. The van der Waals surface area contributed by atoms with Crippen molar-refractivity contribution in [2.75, 3.05) is 14.2 Å². The molecule has 0 aliphatic rings. The summed E-state index contributed by atoms with van der Waals surface area (Å²) in [5.41, 5.74) is 2.80. The van der Waals surface area contributed by atoms with E-state index < -0.39 is 5.97 Å². The summed E-state index contributed by atoms with van der Waals surface area (Å²) in [6.45, 7) is 1.97. The van der Waals surface area contributed by atoms with Gasteiger partial charge in [-0.2, -0.15) is 4.99 Å². The van der Waals surface area contributed by atoms with Crippen LogP contribution in [-0.4, -0.2) is 30.7 Å². The van der Waals surface area contributed by atoms with Crippen LogP contribution >= 0.6 is 11.3 Å². The van der Waals surface area contributed by atoms with E-state index in [0.717, 1.165) is 21.3 Å². The van der Waals surface area contributed by atoms with Crippen molar-refractivity contribution >= 4 is 33.4 Å². The van der Waals surface area contributed by atoms with E-state index in [1.807, 2.05) is 43.3 Å². The molecule has 0 bridgehead atoms. The lowest BCUT2D eigenvalue weighted by atomic mass is 10.1. The van der Waals surface area contributed by atoms with Gasteiger partial charge in [0.15, 0.2) is 4.80 Å². The van der Waals surface area contributed by atoms with Crippen LogP contribution in [0.4, 0.5) is 0 Å². The number of benzene rings is 2. The smallest absolute Gasteiger partial charge is 0.325 e. The lowest BCUT2D eigenvalue weighted by Crippen LogP contribution is -2.22. The highest BCUT2D eigenvalue weighted by Gasteiger charge is 2.13. The number of fused-ring (bicyclic) bond motifs is 1. The summed E-state index contributed by atoms with van der Waals surface area (Å²) in [7, 11) is 2.92. The molecule has 27 heavy (non-hydrogen) atoms. The number of aryl methyl sites for hydroxylation is 1. The summed E-state index contributed by atoms with van der Waals surface area (Å²) in [5.74, 6) is 0.0300. The second kappa shape index (κ2) is 8.18. The van der Waals surface area contributed by atoms with Crippen molar-refractivity contribution in [2.45, 2.75) is 19.9 Å². The van der Waals surface area contributed by atoms with E-state index in [1.165, 1.54) is 18.4 Å². The van der Waals surface area contributed by atoms with Crippen molar-refractivity contribution in [3.63, 3.8) is 0 Å². The molecule has 3 rings (SSSR count).